The molecule has 19 heavy (non-hydrogen) atoms. The van der Waals surface area contributed by atoms with E-state index in [9.17, 15) is 9.90 Å². The van der Waals surface area contributed by atoms with Gasteiger partial charge < -0.3 is 5.11 Å². The molecule has 94 valence electrons. The van der Waals surface area contributed by atoms with Crippen LogP contribution in [0.5, 0.6) is 0 Å². The number of aromatic carboxylic acids is 1. The molecule has 1 N–H and O–H groups in total. The van der Waals surface area contributed by atoms with Crippen LogP contribution >= 0.6 is 11.5 Å². The van der Waals surface area contributed by atoms with Crippen LogP contribution in [0.15, 0.2) is 36.4 Å². The first-order valence-electron chi connectivity index (χ1n) is 5.72. The van der Waals surface area contributed by atoms with Gasteiger partial charge in [0, 0.05) is 5.56 Å². The van der Waals surface area contributed by atoms with Crippen molar-refractivity contribution in [3.05, 3.63) is 47.0 Å². The third kappa shape index (κ3) is 1.98. The van der Waals surface area contributed by atoms with E-state index in [-0.39, 0.29) is 0 Å². The van der Waals surface area contributed by atoms with Crippen molar-refractivity contribution in [3.63, 3.8) is 0 Å². The summed E-state index contributed by atoms with van der Waals surface area (Å²) in [6.45, 7) is 1.90. The third-order valence-corrected chi connectivity index (χ3v) is 3.54. The summed E-state index contributed by atoms with van der Waals surface area (Å²) in [4.78, 5) is 15.6. The highest BCUT2D eigenvalue weighted by Gasteiger charge is 2.14. The van der Waals surface area contributed by atoms with Crippen LogP contribution in [0.3, 0.4) is 0 Å². The summed E-state index contributed by atoms with van der Waals surface area (Å²) in [6.07, 6.45) is 0. The van der Waals surface area contributed by atoms with Crippen molar-refractivity contribution < 1.29 is 9.90 Å². The molecule has 3 aromatic rings. The third-order valence-electron chi connectivity index (χ3n) is 2.92. The van der Waals surface area contributed by atoms with E-state index in [1.165, 1.54) is 11.5 Å². The molecule has 0 spiro atoms. The van der Waals surface area contributed by atoms with Crippen molar-refractivity contribution in [2.45, 2.75) is 6.92 Å². The molecule has 0 fully saturated rings. The number of aryl methyl sites for hydroxylation is 1. The van der Waals surface area contributed by atoms with Gasteiger partial charge in [0.05, 0.1) is 5.56 Å². The molecular formula is C14H10N2O2S. The van der Waals surface area contributed by atoms with Gasteiger partial charge in [-0.3, -0.25) is 0 Å². The first kappa shape index (κ1) is 11.8. The lowest BCUT2D eigenvalue weighted by molar-refractivity contribution is 0.0699. The molecule has 0 aliphatic heterocycles. The van der Waals surface area contributed by atoms with Gasteiger partial charge in [-0.2, -0.15) is 4.37 Å². The van der Waals surface area contributed by atoms with Gasteiger partial charge in [0.15, 0.2) is 5.82 Å². The van der Waals surface area contributed by atoms with E-state index >= 15 is 0 Å². The summed E-state index contributed by atoms with van der Waals surface area (Å²) >= 11 is 1.34. The molecule has 0 amide bonds. The Morgan fingerprint density at radius 3 is 2.53 bits per heavy atom. The number of hydrogen-bond donors (Lipinski definition) is 1. The van der Waals surface area contributed by atoms with Crippen molar-refractivity contribution in [1.29, 1.82) is 0 Å². The monoisotopic (exact) mass is 270 g/mol. The normalized spacial score (nSPS) is 10.8. The second-order valence-corrected chi connectivity index (χ2v) is 5.10. The Morgan fingerprint density at radius 1 is 1.16 bits per heavy atom. The Labute approximate surface area is 113 Å². The molecule has 2 aromatic carbocycles. The molecule has 0 radical (unpaired) electrons. The summed E-state index contributed by atoms with van der Waals surface area (Å²) in [5.41, 5.74) is 1.16. The van der Waals surface area contributed by atoms with Crippen LogP contribution in [0.25, 0.3) is 22.2 Å². The predicted molar refractivity (Wildman–Crippen MR) is 74.5 cm³/mol. The Kier molecular flexibility index (Phi) is 2.76. The Bertz CT molecular complexity index is 780. The van der Waals surface area contributed by atoms with E-state index < -0.39 is 5.97 Å². The number of carboxylic acid groups (broad SMARTS) is 1. The first-order valence-corrected chi connectivity index (χ1v) is 6.50. The number of rotatable bonds is 2. The molecule has 3 rings (SSSR count). The minimum Gasteiger partial charge on any atom is -0.478 e. The summed E-state index contributed by atoms with van der Waals surface area (Å²) in [7, 11) is 0. The average molecular weight is 270 g/mol. The standard InChI is InChI=1S/C14H10N2O2S/c1-8-15-13(16-19-8)11-6-7-12(14(17)18)10-5-3-2-4-9(10)11/h2-7H,1H3,(H,17,18). The molecule has 1 heterocycles. The molecule has 1 aromatic heterocycles. The molecule has 0 unspecified atom stereocenters. The maximum atomic E-state index is 11.2. The Hall–Kier alpha value is -2.27. The molecular weight excluding hydrogens is 260 g/mol. The van der Waals surface area contributed by atoms with E-state index in [1.54, 1.807) is 12.1 Å². The smallest absolute Gasteiger partial charge is 0.336 e. The number of nitrogens with zero attached hydrogens (tertiary/aromatic N) is 2. The average Bonchev–Trinajstić information content (AvgIpc) is 2.83. The topological polar surface area (TPSA) is 63.1 Å². The molecule has 0 atom stereocenters. The summed E-state index contributed by atoms with van der Waals surface area (Å²) in [5, 5.41) is 11.7. The lowest BCUT2D eigenvalue weighted by atomic mass is 9.99. The van der Waals surface area contributed by atoms with Crippen LogP contribution in [0.4, 0.5) is 0 Å². The maximum absolute atomic E-state index is 11.2. The number of carbonyl (C=O) groups is 1. The van der Waals surface area contributed by atoms with Gasteiger partial charge in [0.2, 0.25) is 0 Å². The summed E-state index contributed by atoms with van der Waals surface area (Å²) < 4.78 is 4.29. The van der Waals surface area contributed by atoms with Crippen molar-refractivity contribution in [1.82, 2.24) is 9.36 Å². The fourth-order valence-electron chi connectivity index (χ4n) is 2.09. The van der Waals surface area contributed by atoms with E-state index in [1.807, 2.05) is 31.2 Å². The Balaban J connectivity index is 2.34. The Morgan fingerprint density at radius 2 is 1.89 bits per heavy atom. The van der Waals surface area contributed by atoms with Crippen LogP contribution in [0.2, 0.25) is 0 Å². The lowest BCUT2D eigenvalue weighted by Gasteiger charge is -2.06. The maximum Gasteiger partial charge on any atom is 0.336 e. The van der Waals surface area contributed by atoms with Crippen LogP contribution in [0.1, 0.15) is 15.4 Å². The number of hydrogen-bond acceptors (Lipinski definition) is 4. The van der Waals surface area contributed by atoms with Gasteiger partial charge in [0.1, 0.15) is 5.01 Å². The van der Waals surface area contributed by atoms with E-state index in [0.717, 1.165) is 16.0 Å². The number of carboxylic acids is 1. The van der Waals surface area contributed by atoms with E-state index in [0.29, 0.717) is 16.8 Å². The second kappa shape index (κ2) is 4.44. The highest BCUT2D eigenvalue weighted by molar-refractivity contribution is 7.05. The fraction of sp³-hybridized carbons (Fsp3) is 0.0714. The van der Waals surface area contributed by atoms with Crippen LogP contribution in [0, 0.1) is 6.92 Å². The molecule has 0 saturated heterocycles. The van der Waals surface area contributed by atoms with E-state index in [4.69, 9.17) is 0 Å². The molecule has 0 saturated carbocycles. The van der Waals surface area contributed by atoms with E-state index in [2.05, 4.69) is 9.36 Å². The van der Waals surface area contributed by atoms with Gasteiger partial charge in [0.25, 0.3) is 0 Å². The SMILES string of the molecule is Cc1nc(-c2ccc(C(=O)O)c3ccccc23)ns1. The van der Waals surface area contributed by atoms with Crippen molar-refractivity contribution in [2.24, 2.45) is 0 Å². The van der Waals surface area contributed by atoms with Crippen molar-refractivity contribution in [3.8, 4) is 11.4 Å². The molecule has 4 nitrogen and oxygen atoms in total. The van der Waals surface area contributed by atoms with Crippen LogP contribution in [-0.4, -0.2) is 20.4 Å². The number of aromatic nitrogens is 2. The zero-order valence-electron chi connectivity index (χ0n) is 10.1. The van der Waals surface area contributed by atoms with Gasteiger partial charge in [-0.1, -0.05) is 24.3 Å². The number of benzene rings is 2. The highest BCUT2D eigenvalue weighted by atomic mass is 32.1. The minimum absolute atomic E-state index is 0.298. The second-order valence-electron chi connectivity index (χ2n) is 4.15. The zero-order chi connectivity index (χ0) is 13.4. The molecule has 0 bridgehead atoms. The van der Waals surface area contributed by atoms with Gasteiger partial charge in [-0.15, -0.1) is 0 Å². The first-order chi connectivity index (χ1) is 9.16. The molecule has 0 aliphatic rings. The summed E-state index contributed by atoms with van der Waals surface area (Å²) in [5.74, 6) is -0.277. The van der Waals surface area contributed by atoms with Gasteiger partial charge >= 0.3 is 5.97 Å². The van der Waals surface area contributed by atoms with Crippen LogP contribution in [-0.2, 0) is 0 Å². The van der Waals surface area contributed by atoms with Crippen LogP contribution < -0.4 is 0 Å². The quantitative estimate of drug-likeness (QED) is 0.775. The predicted octanol–water partition coefficient (Wildman–Crippen LogP) is 3.36. The van der Waals surface area contributed by atoms with Crippen molar-refractivity contribution in [2.75, 3.05) is 0 Å². The largest absolute Gasteiger partial charge is 0.478 e. The molecule has 0 aliphatic carbocycles. The van der Waals surface area contributed by atoms with Crippen molar-refractivity contribution >= 4 is 28.3 Å². The molecule has 5 heteroatoms. The summed E-state index contributed by atoms with van der Waals surface area (Å²) in [6, 6.07) is 10.8. The lowest BCUT2D eigenvalue weighted by Crippen LogP contribution is -1.98. The zero-order valence-corrected chi connectivity index (χ0v) is 10.9. The fourth-order valence-corrected chi connectivity index (χ4v) is 2.57. The minimum atomic E-state index is -0.926. The van der Waals surface area contributed by atoms with Gasteiger partial charge in [-0.05, 0) is 41.4 Å². The van der Waals surface area contributed by atoms with Gasteiger partial charge in [-0.25, -0.2) is 9.78 Å². The number of fused-ring (bicyclic) bond motifs is 1. The highest BCUT2D eigenvalue weighted by Crippen LogP contribution is 2.29.